The van der Waals surface area contributed by atoms with E-state index in [4.69, 9.17) is 9.84 Å². The molecule has 48 valence electrons. The SMILES string of the molecule is OC[C@H]1C[C@H](S)CO1. The molecule has 1 fully saturated rings. The first-order valence-electron chi connectivity index (χ1n) is 2.73. The molecule has 8 heavy (non-hydrogen) atoms. The molecule has 1 rings (SSSR count). The third kappa shape index (κ3) is 1.37. The Kier molecular flexibility index (Phi) is 2.16. The zero-order valence-corrected chi connectivity index (χ0v) is 5.47. The molecule has 0 aliphatic carbocycles. The normalized spacial score (nSPS) is 38.2. The Morgan fingerprint density at radius 2 is 2.50 bits per heavy atom. The molecule has 1 aliphatic rings. The maximum Gasteiger partial charge on any atom is 0.0817 e. The van der Waals surface area contributed by atoms with Gasteiger partial charge in [-0.15, -0.1) is 0 Å². The fraction of sp³-hybridized carbons (Fsp3) is 1.00. The molecule has 0 bridgehead atoms. The Labute approximate surface area is 54.3 Å². The van der Waals surface area contributed by atoms with Gasteiger partial charge < -0.3 is 9.84 Å². The Bertz CT molecular complexity index is 76.8. The lowest BCUT2D eigenvalue weighted by Crippen LogP contribution is -2.09. The van der Waals surface area contributed by atoms with Crippen LogP contribution in [0.25, 0.3) is 0 Å². The summed E-state index contributed by atoms with van der Waals surface area (Å²) in [5.74, 6) is 0. The van der Waals surface area contributed by atoms with Crippen LogP contribution in [0, 0.1) is 0 Å². The third-order valence-corrected chi connectivity index (χ3v) is 1.62. The van der Waals surface area contributed by atoms with Crippen molar-refractivity contribution in [3.05, 3.63) is 0 Å². The average Bonchev–Trinajstić information content (AvgIpc) is 2.14. The van der Waals surface area contributed by atoms with E-state index in [0.29, 0.717) is 11.9 Å². The summed E-state index contributed by atoms with van der Waals surface area (Å²) in [6.07, 6.45) is 0.942. The minimum Gasteiger partial charge on any atom is -0.394 e. The van der Waals surface area contributed by atoms with Gasteiger partial charge in [0.25, 0.3) is 0 Å². The third-order valence-electron chi connectivity index (χ3n) is 1.26. The van der Waals surface area contributed by atoms with Crippen LogP contribution in [0.2, 0.25) is 0 Å². The van der Waals surface area contributed by atoms with Gasteiger partial charge in [0.1, 0.15) is 0 Å². The van der Waals surface area contributed by atoms with Gasteiger partial charge in [-0.3, -0.25) is 0 Å². The molecule has 1 N–H and O–H groups in total. The molecule has 0 amide bonds. The van der Waals surface area contributed by atoms with Crippen LogP contribution < -0.4 is 0 Å². The van der Waals surface area contributed by atoms with Crippen molar-refractivity contribution < 1.29 is 9.84 Å². The summed E-state index contributed by atoms with van der Waals surface area (Å²) in [6, 6.07) is 0. The van der Waals surface area contributed by atoms with Gasteiger partial charge in [-0.2, -0.15) is 12.6 Å². The van der Waals surface area contributed by atoms with Gasteiger partial charge in [-0.1, -0.05) is 0 Å². The van der Waals surface area contributed by atoms with Gasteiger partial charge in [-0.05, 0) is 6.42 Å². The predicted molar refractivity (Wildman–Crippen MR) is 34.2 cm³/mol. The Balaban J connectivity index is 2.22. The minimum absolute atomic E-state index is 0.0532. The molecule has 0 aromatic carbocycles. The minimum atomic E-state index is 0.0532. The van der Waals surface area contributed by atoms with Crippen molar-refractivity contribution in [3.63, 3.8) is 0 Å². The van der Waals surface area contributed by atoms with Crippen molar-refractivity contribution in [2.75, 3.05) is 13.2 Å². The number of hydrogen-bond acceptors (Lipinski definition) is 3. The van der Waals surface area contributed by atoms with Crippen LogP contribution in [-0.2, 0) is 4.74 Å². The molecule has 3 heteroatoms. The highest BCUT2D eigenvalue weighted by Gasteiger charge is 2.21. The molecule has 0 unspecified atom stereocenters. The smallest absolute Gasteiger partial charge is 0.0817 e. The number of hydrogen-bond donors (Lipinski definition) is 2. The van der Waals surface area contributed by atoms with Crippen molar-refractivity contribution >= 4 is 12.6 Å². The molecule has 2 nitrogen and oxygen atoms in total. The highest BCUT2D eigenvalue weighted by Crippen LogP contribution is 2.16. The Morgan fingerprint density at radius 3 is 2.75 bits per heavy atom. The monoisotopic (exact) mass is 134 g/mol. The van der Waals surface area contributed by atoms with E-state index in [1.165, 1.54) is 0 Å². The summed E-state index contributed by atoms with van der Waals surface area (Å²) in [7, 11) is 0. The highest BCUT2D eigenvalue weighted by atomic mass is 32.1. The lowest BCUT2D eigenvalue weighted by Gasteiger charge is -2.00. The largest absolute Gasteiger partial charge is 0.394 e. The quantitative estimate of drug-likeness (QED) is 0.497. The summed E-state index contributed by atoms with van der Waals surface area (Å²) in [5, 5.41) is 8.86. The highest BCUT2D eigenvalue weighted by molar-refractivity contribution is 7.81. The fourth-order valence-electron chi connectivity index (χ4n) is 0.814. The van der Waals surface area contributed by atoms with Gasteiger partial charge in [0.15, 0.2) is 0 Å². The maximum absolute atomic E-state index is 8.52. The maximum atomic E-state index is 8.52. The van der Waals surface area contributed by atoms with Crippen molar-refractivity contribution in [3.8, 4) is 0 Å². The summed E-state index contributed by atoms with van der Waals surface area (Å²) < 4.78 is 5.09. The van der Waals surface area contributed by atoms with E-state index in [9.17, 15) is 0 Å². The summed E-state index contributed by atoms with van der Waals surface area (Å²) in [4.78, 5) is 0. The summed E-state index contributed by atoms with van der Waals surface area (Å²) in [6.45, 7) is 0.825. The average molecular weight is 134 g/mol. The van der Waals surface area contributed by atoms with Gasteiger partial charge in [0, 0.05) is 5.25 Å². The molecule has 0 spiro atoms. The number of ether oxygens (including phenoxy) is 1. The fourth-order valence-corrected chi connectivity index (χ4v) is 1.14. The molecule has 1 heterocycles. The van der Waals surface area contributed by atoms with E-state index in [0.717, 1.165) is 6.42 Å². The molecular weight excluding hydrogens is 124 g/mol. The van der Waals surface area contributed by atoms with Crippen LogP contribution in [0.3, 0.4) is 0 Å². The summed E-state index contributed by atoms with van der Waals surface area (Å²) >= 11 is 4.17. The first-order chi connectivity index (χ1) is 3.83. The first kappa shape index (κ1) is 6.39. The van der Waals surface area contributed by atoms with E-state index in [2.05, 4.69) is 12.6 Å². The topological polar surface area (TPSA) is 29.5 Å². The van der Waals surface area contributed by atoms with E-state index in [-0.39, 0.29) is 12.7 Å². The number of thiol groups is 1. The van der Waals surface area contributed by atoms with Crippen molar-refractivity contribution in [1.29, 1.82) is 0 Å². The second-order valence-corrected chi connectivity index (χ2v) is 2.76. The Hall–Kier alpha value is 0.270. The van der Waals surface area contributed by atoms with Crippen LogP contribution in [0.15, 0.2) is 0 Å². The molecular formula is C5H10O2S. The standard InChI is InChI=1S/C5H10O2S/c6-2-4-1-5(8)3-7-4/h4-6,8H,1-3H2/t4-,5+/m1/s1. The van der Waals surface area contributed by atoms with Crippen molar-refractivity contribution in [2.24, 2.45) is 0 Å². The Morgan fingerprint density at radius 1 is 1.75 bits per heavy atom. The number of aliphatic hydroxyl groups is 1. The number of aliphatic hydroxyl groups excluding tert-OH is 1. The van der Waals surface area contributed by atoms with Crippen LogP contribution in [0.5, 0.6) is 0 Å². The lowest BCUT2D eigenvalue weighted by atomic mass is 10.2. The van der Waals surface area contributed by atoms with Gasteiger partial charge in [0.2, 0.25) is 0 Å². The van der Waals surface area contributed by atoms with Crippen LogP contribution in [0.4, 0.5) is 0 Å². The van der Waals surface area contributed by atoms with Crippen LogP contribution >= 0.6 is 12.6 Å². The number of rotatable bonds is 1. The predicted octanol–water partition coefficient (Wildman–Crippen LogP) is 0.0660. The molecule has 1 saturated heterocycles. The van der Waals surface area contributed by atoms with Crippen molar-refractivity contribution in [2.45, 2.75) is 17.8 Å². The van der Waals surface area contributed by atoms with Crippen LogP contribution in [0.1, 0.15) is 6.42 Å². The molecule has 1 aliphatic heterocycles. The lowest BCUT2D eigenvalue weighted by molar-refractivity contribution is 0.0593. The summed E-state index contributed by atoms with van der Waals surface area (Å²) in [5.41, 5.74) is 0. The van der Waals surface area contributed by atoms with Gasteiger partial charge >= 0.3 is 0 Å². The molecule has 0 aromatic heterocycles. The van der Waals surface area contributed by atoms with E-state index in [1.54, 1.807) is 0 Å². The van der Waals surface area contributed by atoms with Gasteiger partial charge in [-0.25, -0.2) is 0 Å². The van der Waals surface area contributed by atoms with E-state index < -0.39 is 0 Å². The molecule has 2 atom stereocenters. The molecule has 0 saturated carbocycles. The second kappa shape index (κ2) is 2.71. The zero-order valence-electron chi connectivity index (χ0n) is 4.58. The van der Waals surface area contributed by atoms with Gasteiger partial charge in [0.05, 0.1) is 19.3 Å². The van der Waals surface area contributed by atoms with Crippen molar-refractivity contribution in [1.82, 2.24) is 0 Å². The second-order valence-electron chi connectivity index (χ2n) is 2.03. The molecule has 0 aromatic rings. The molecule has 0 radical (unpaired) electrons. The first-order valence-corrected chi connectivity index (χ1v) is 3.25. The van der Waals surface area contributed by atoms with E-state index >= 15 is 0 Å². The zero-order chi connectivity index (χ0) is 5.98. The van der Waals surface area contributed by atoms with Crippen LogP contribution in [-0.4, -0.2) is 29.7 Å². The van der Waals surface area contributed by atoms with E-state index in [1.807, 2.05) is 0 Å².